The number of carbonyl (C=O) groups is 1. The molecule has 1 aromatic heterocycles. The van der Waals surface area contributed by atoms with E-state index in [-0.39, 0.29) is 24.7 Å². The number of non-ortho nitro benzene ring substituents is 1. The third-order valence-electron chi connectivity index (χ3n) is 4.17. The third kappa shape index (κ3) is 5.32. The molecule has 9 heteroatoms. The summed E-state index contributed by atoms with van der Waals surface area (Å²) in [6, 6.07) is 12.9. The highest BCUT2D eigenvalue weighted by atomic mass is 35.5. The Balaban J connectivity index is 1.58. The van der Waals surface area contributed by atoms with Crippen molar-refractivity contribution in [3.63, 3.8) is 0 Å². The van der Waals surface area contributed by atoms with Gasteiger partial charge in [0.1, 0.15) is 18.1 Å². The van der Waals surface area contributed by atoms with Gasteiger partial charge in [-0.15, -0.1) is 0 Å². The number of carbonyl (C=O) groups excluding carboxylic acids is 1. The zero-order valence-corrected chi connectivity index (χ0v) is 16.4. The van der Waals surface area contributed by atoms with Crippen molar-refractivity contribution in [3.8, 4) is 5.75 Å². The zero-order valence-electron chi connectivity index (χ0n) is 15.7. The molecule has 0 bridgehead atoms. The predicted octanol–water partition coefficient (Wildman–Crippen LogP) is 3.97. The van der Waals surface area contributed by atoms with Gasteiger partial charge in [0, 0.05) is 30.4 Å². The van der Waals surface area contributed by atoms with Crippen LogP contribution in [0.4, 0.5) is 5.69 Å². The molecule has 8 nitrogen and oxygen atoms in total. The first-order valence-electron chi connectivity index (χ1n) is 8.92. The molecule has 1 heterocycles. The van der Waals surface area contributed by atoms with E-state index < -0.39 is 4.92 Å². The lowest BCUT2D eigenvalue weighted by Gasteiger charge is -2.08. The first kappa shape index (κ1) is 20.3. The Kier molecular flexibility index (Phi) is 6.46. The van der Waals surface area contributed by atoms with Crippen LogP contribution in [0.25, 0.3) is 0 Å². The summed E-state index contributed by atoms with van der Waals surface area (Å²) in [4.78, 5) is 22.7. The number of aryl methyl sites for hydroxylation is 1. The molecule has 0 spiro atoms. The number of nitro benzene ring substituents is 1. The SMILES string of the molecule is CCn1cc(Cl)c(CNC(=O)c2cccc(COc3ccc([N+](=O)[O-])cc3)c2)n1. The van der Waals surface area contributed by atoms with E-state index in [9.17, 15) is 14.9 Å². The number of nitro groups is 1. The van der Waals surface area contributed by atoms with E-state index in [1.54, 1.807) is 29.1 Å². The minimum atomic E-state index is -0.467. The smallest absolute Gasteiger partial charge is 0.269 e. The van der Waals surface area contributed by atoms with Crippen LogP contribution in [0.2, 0.25) is 5.02 Å². The van der Waals surface area contributed by atoms with Gasteiger partial charge in [0.25, 0.3) is 11.6 Å². The molecule has 2 aromatic carbocycles. The van der Waals surface area contributed by atoms with Crippen molar-refractivity contribution in [2.45, 2.75) is 26.6 Å². The maximum Gasteiger partial charge on any atom is 0.269 e. The number of hydrogen-bond donors (Lipinski definition) is 1. The summed E-state index contributed by atoms with van der Waals surface area (Å²) in [5.74, 6) is 0.260. The highest BCUT2D eigenvalue weighted by Gasteiger charge is 2.11. The Labute approximate surface area is 172 Å². The molecule has 150 valence electrons. The molecule has 29 heavy (non-hydrogen) atoms. The van der Waals surface area contributed by atoms with E-state index in [1.165, 1.54) is 24.3 Å². The molecule has 0 fully saturated rings. The number of ether oxygens (including phenoxy) is 1. The number of benzene rings is 2. The average Bonchev–Trinajstić information content (AvgIpc) is 3.10. The fourth-order valence-electron chi connectivity index (χ4n) is 2.62. The maximum absolute atomic E-state index is 12.4. The Morgan fingerprint density at radius 1 is 1.28 bits per heavy atom. The first-order valence-corrected chi connectivity index (χ1v) is 9.30. The van der Waals surface area contributed by atoms with Gasteiger partial charge in [0.2, 0.25) is 0 Å². The van der Waals surface area contributed by atoms with Crippen LogP contribution < -0.4 is 10.1 Å². The largest absolute Gasteiger partial charge is 0.489 e. The van der Waals surface area contributed by atoms with Crippen LogP contribution in [0, 0.1) is 10.1 Å². The van der Waals surface area contributed by atoms with Crippen molar-refractivity contribution >= 4 is 23.2 Å². The van der Waals surface area contributed by atoms with Gasteiger partial charge < -0.3 is 10.1 Å². The number of nitrogens with one attached hydrogen (secondary N) is 1. The monoisotopic (exact) mass is 414 g/mol. The van der Waals surface area contributed by atoms with E-state index >= 15 is 0 Å². The van der Waals surface area contributed by atoms with Gasteiger partial charge in [-0.25, -0.2) is 0 Å². The quantitative estimate of drug-likeness (QED) is 0.444. The number of rotatable bonds is 8. The van der Waals surface area contributed by atoms with Crippen LogP contribution in [-0.4, -0.2) is 20.6 Å². The molecule has 0 radical (unpaired) electrons. The zero-order chi connectivity index (χ0) is 20.8. The normalized spacial score (nSPS) is 10.6. The van der Waals surface area contributed by atoms with Crippen LogP contribution in [-0.2, 0) is 19.7 Å². The van der Waals surface area contributed by atoms with Crippen LogP contribution >= 0.6 is 11.6 Å². The lowest BCUT2D eigenvalue weighted by atomic mass is 10.1. The summed E-state index contributed by atoms with van der Waals surface area (Å²) in [5, 5.41) is 18.3. The molecular weight excluding hydrogens is 396 g/mol. The molecule has 3 aromatic rings. The van der Waals surface area contributed by atoms with Gasteiger partial charge in [-0.05, 0) is 36.8 Å². The van der Waals surface area contributed by atoms with E-state index in [2.05, 4.69) is 10.4 Å². The maximum atomic E-state index is 12.4. The lowest BCUT2D eigenvalue weighted by molar-refractivity contribution is -0.384. The number of nitrogens with zero attached hydrogens (tertiary/aromatic N) is 3. The van der Waals surface area contributed by atoms with Crippen molar-refractivity contribution < 1.29 is 14.5 Å². The second kappa shape index (κ2) is 9.20. The molecule has 0 aliphatic heterocycles. The molecule has 0 saturated carbocycles. The van der Waals surface area contributed by atoms with E-state index in [0.29, 0.717) is 28.6 Å². The molecule has 0 saturated heterocycles. The summed E-state index contributed by atoms with van der Waals surface area (Å²) in [5.41, 5.74) is 1.89. The minimum absolute atomic E-state index is 0.000101. The van der Waals surface area contributed by atoms with Crippen molar-refractivity contribution in [2.75, 3.05) is 0 Å². The Morgan fingerprint density at radius 3 is 2.69 bits per heavy atom. The fourth-order valence-corrected chi connectivity index (χ4v) is 2.84. The summed E-state index contributed by atoms with van der Waals surface area (Å²) in [7, 11) is 0. The molecule has 1 N–H and O–H groups in total. The topological polar surface area (TPSA) is 99.3 Å². The molecule has 0 atom stereocenters. The molecular formula is C20H19ClN4O4. The number of halogens is 1. The van der Waals surface area contributed by atoms with Crippen molar-refractivity contribution in [2.24, 2.45) is 0 Å². The number of aromatic nitrogens is 2. The Morgan fingerprint density at radius 2 is 2.03 bits per heavy atom. The van der Waals surface area contributed by atoms with Gasteiger partial charge in [-0.1, -0.05) is 23.7 Å². The number of amides is 1. The summed E-state index contributed by atoms with van der Waals surface area (Å²) >= 11 is 6.12. The molecule has 0 unspecified atom stereocenters. The van der Waals surface area contributed by atoms with Gasteiger partial charge in [0.15, 0.2) is 0 Å². The van der Waals surface area contributed by atoms with Crippen LogP contribution in [0.15, 0.2) is 54.7 Å². The van der Waals surface area contributed by atoms with Crippen molar-refractivity contribution in [3.05, 3.63) is 86.7 Å². The third-order valence-corrected chi connectivity index (χ3v) is 4.49. The van der Waals surface area contributed by atoms with E-state index in [0.717, 1.165) is 5.56 Å². The van der Waals surface area contributed by atoms with Gasteiger partial charge >= 0.3 is 0 Å². The van der Waals surface area contributed by atoms with Crippen LogP contribution in [0.5, 0.6) is 5.75 Å². The van der Waals surface area contributed by atoms with Gasteiger partial charge in [-0.2, -0.15) is 5.10 Å². The average molecular weight is 415 g/mol. The van der Waals surface area contributed by atoms with Crippen LogP contribution in [0.1, 0.15) is 28.5 Å². The van der Waals surface area contributed by atoms with Crippen molar-refractivity contribution in [1.29, 1.82) is 0 Å². The summed E-state index contributed by atoms with van der Waals surface area (Å²) < 4.78 is 7.35. The highest BCUT2D eigenvalue weighted by molar-refractivity contribution is 6.31. The molecule has 1 amide bonds. The lowest BCUT2D eigenvalue weighted by Crippen LogP contribution is -2.23. The minimum Gasteiger partial charge on any atom is -0.489 e. The standard InChI is InChI=1S/C20H19ClN4O4/c1-2-24-12-18(21)19(23-24)11-22-20(26)15-5-3-4-14(10-15)13-29-17-8-6-16(7-9-17)25(27)28/h3-10,12H,2,11,13H2,1H3,(H,22,26). The second-order valence-electron chi connectivity index (χ2n) is 6.20. The second-order valence-corrected chi connectivity index (χ2v) is 6.61. The van der Waals surface area contributed by atoms with Crippen LogP contribution in [0.3, 0.4) is 0 Å². The Hall–Kier alpha value is -3.39. The number of hydrogen-bond acceptors (Lipinski definition) is 5. The first-order chi connectivity index (χ1) is 14.0. The summed E-state index contributed by atoms with van der Waals surface area (Å²) in [6.07, 6.45) is 1.72. The molecule has 0 aliphatic carbocycles. The Bertz CT molecular complexity index is 1020. The van der Waals surface area contributed by atoms with Gasteiger partial charge in [0.05, 0.1) is 16.5 Å². The van der Waals surface area contributed by atoms with E-state index in [1.807, 2.05) is 13.0 Å². The predicted molar refractivity (Wildman–Crippen MR) is 108 cm³/mol. The summed E-state index contributed by atoms with van der Waals surface area (Å²) in [6.45, 7) is 3.11. The highest BCUT2D eigenvalue weighted by Crippen LogP contribution is 2.19. The molecule has 3 rings (SSSR count). The fraction of sp³-hybridized carbons (Fsp3) is 0.200. The van der Waals surface area contributed by atoms with Crippen molar-refractivity contribution in [1.82, 2.24) is 15.1 Å². The molecule has 0 aliphatic rings. The van der Waals surface area contributed by atoms with Gasteiger partial charge in [-0.3, -0.25) is 19.6 Å². The van der Waals surface area contributed by atoms with E-state index in [4.69, 9.17) is 16.3 Å².